The predicted molar refractivity (Wildman–Crippen MR) is 141 cm³/mol. The molecule has 11 heteroatoms. The zero-order valence-electron chi connectivity index (χ0n) is 20.8. The molecule has 0 aliphatic carbocycles. The van der Waals surface area contributed by atoms with E-state index in [4.69, 9.17) is 20.2 Å². The number of hydrogen-bond acceptors (Lipinski definition) is 8. The third-order valence-electron chi connectivity index (χ3n) is 6.17. The molecule has 1 aliphatic heterocycles. The van der Waals surface area contributed by atoms with Gasteiger partial charge in [-0.05, 0) is 24.3 Å². The van der Waals surface area contributed by atoms with Crippen LogP contribution in [0, 0.1) is 0 Å². The van der Waals surface area contributed by atoms with E-state index in [1.807, 2.05) is 4.40 Å². The van der Waals surface area contributed by atoms with Crippen molar-refractivity contribution in [2.45, 2.75) is 6.04 Å². The molecule has 38 heavy (non-hydrogen) atoms. The molecular formula is C27H27N7O4. The van der Waals surface area contributed by atoms with Gasteiger partial charge in [-0.3, -0.25) is 14.0 Å². The number of rotatable bonds is 7. The van der Waals surface area contributed by atoms with Gasteiger partial charge in [0.05, 0.1) is 19.8 Å². The van der Waals surface area contributed by atoms with Crippen LogP contribution in [0.3, 0.4) is 0 Å². The van der Waals surface area contributed by atoms with Crippen LogP contribution in [0.25, 0.3) is 16.8 Å². The molecule has 0 saturated carbocycles. The van der Waals surface area contributed by atoms with Gasteiger partial charge < -0.3 is 25.4 Å². The molecule has 3 aromatic heterocycles. The summed E-state index contributed by atoms with van der Waals surface area (Å²) in [5.74, 6) is 0.943. The second-order valence-electron chi connectivity index (χ2n) is 8.58. The van der Waals surface area contributed by atoms with Crippen LogP contribution in [0.1, 0.15) is 22.2 Å². The molecule has 1 atom stereocenters. The smallest absolute Gasteiger partial charge is 0.256 e. The van der Waals surface area contributed by atoms with Gasteiger partial charge in [0.25, 0.3) is 5.91 Å². The molecule has 0 unspecified atom stereocenters. The Kier molecular flexibility index (Phi) is 7.38. The molecule has 11 nitrogen and oxygen atoms in total. The first-order valence-electron chi connectivity index (χ1n) is 12.1. The quantitative estimate of drug-likeness (QED) is 0.360. The summed E-state index contributed by atoms with van der Waals surface area (Å²) in [5.41, 5.74) is 8.72. The minimum Gasteiger partial charge on any atom is -0.382 e. The maximum absolute atomic E-state index is 13.0. The maximum Gasteiger partial charge on any atom is 0.256 e. The van der Waals surface area contributed by atoms with E-state index in [1.165, 1.54) is 6.08 Å². The molecule has 194 valence electrons. The number of nitrogens with zero attached hydrogens (tertiary/aromatic N) is 5. The maximum atomic E-state index is 13.0. The van der Waals surface area contributed by atoms with Gasteiger partial charge in [0.15, 0.2) is 0 Å². The van der Waals surface area contributed by atoms with Crippen molar-refractivity contribution >= 4 is 29.0 Å². The fraction of sp³-hybridized carbons (Fsp3) is 0.222. The number of hydrogen-bond donors (Lipinski definition) is 2. The summed E-state index contributed by atoms with van der Waals surface area (Å²) in [7, 11) is 1.57. The van der Waals surface area contributed by atoms with Crippen LogP contribution < -0.4 is 11.1 Å². The first-order chi connectivity index (χ1) is 18.6. The van der Waals surface area contributed by atoms with Gasteiger partial charge in [-0.2, -0.15) is 0 Å². The lowest BCUT2D eigenvalue weighted by Crippen LogP contribution is -2.43. The molecule has 1 aromatic carbocycles. The number of ether oxygens (including phenoxy) is 2. The lowest BCUT2D eigenvalue weighted by Gasteiger charge is -2.34. The van der Waals surface area contributed by atoms with Gasteiger partial charge in [0, 0.05) is 49.4 Å². The molecule has 4 aromatic rings. The molecular weight excluding hydrogens is 486 g/mol. The highest BCUT2D eigenvalue weighted by Crippen LogP contribution is 2.33. The van der Waals surface area contributed by atoms with Crippen molar-refractivity contribution in [2.75, 3.05) is 44.5 Å². The fourth-order valence-electron chi connectivity index (χ4n) is 4.35. The van der Waals surface area contributed by atoms with Crippen molar-refractivity contribution < 1.29 is 19.1 Å². The van der Waals surface area contributed by atoms with E-state index in [2.05, 4.69) is 15.3 Å². The number of nitrogens with two attached hydrogens (primary N) is 1. The topological polar surface area (TPSA) is 137 Å². The zero-order chi connectivity index (χ0) is 26.5. The van der Waals surface area contributed by atoms with Crippen LogP contribution in [0.5, 0.6) is 0 Å². The number of fused-ring (bicyclic) bond motifs is 1. The average molecular weight is 514 g/mol. The molecule has 1 aliphatic rings. The number of benzene rings is 1. The van der Waals surface area contributed by atoms with Gasteiger partial charge in [-0.15, -0.1) is 0 Å². The SMILES string of the molecule is COC/C=C/C(=O)N1CCOC[C@H]1c1nc(-c2ccc(C(=O)Nc3ccccn3)cc2)c2c(N)nccn12. The second kappa shape index (κ2) is 11.2. The normalized spacial score (nSPS) is 15.7. The Morgan fingerprint density at radius 2 is 2.03 bits per heavy atom. The van der Waals surface area contributed by atoms with Gasteiger partial charge in [-0.1, -0.05) is 24.3 Å². The Hall–Kier alpha value is -4.61. The number of anilines is 2. The lowest BCUT2D eigenvalue weighted by atomic mass is 10.1. The highest BCUT2D eigenvalue weighted by atomic mass is 16.5. The van der Waals surface area contributed by atoms with Crippen LogP contribution in [0.15, 0.2) is 73.2 Å². The van der Waals surface area contributed by atoms with Gasteiger partial charge in [0.1, 0.15) is 34.7 Å². The fourth-order valence-corrected chi connectivity index (χ4v) is 4.35. The van der Waals surface area contributed by atoms with Crippen molar-refractivity contribution in [2.24, 2.45) is 0 Å². The summed E-state index contributed by atoms with van der Waals surface area (Å²) in [5, 5.41) is 2.77. The summed E-state index contributed by atoms with van der Waals surface area (Å²) < 4.78 is 12.6. The van der Waals surface area contributed by atoms with Crippen molar-refractivity contribution in [1.82, 2.24) is 24.3 Å². The Bertz CT molecular complexity index is 1470. The van der Waals surface area contributed by atoms with Crippen LogP contribution in [0.4, 0.5) is 11.6 Å². The predicted octanol–water partition coefficient (Wildman–Crippen LogP) is 2.73. The standard InChI is InChI=1S/C27H27N7O4/c1-37-15-4-6-22(35)33-14-16-38-17-20(33)26-32-23(24-25(28)30-12-13-34(24)26)18-7-9-19(10-8-18)27(36)31-21-5-2-3-11-29-21/h2-13,20H,14-17H2,1H3,(H2,28,30)(H,29,31,36)/b6-4+/t20-/m0/s1. The van der Waals surface area contributed by atoms with Crippen molar-refractivity contribution in [1.29, 1.82) is 0 Å². The van der Waals surface area contributed by atoms with E-state index in [1.54, 1.807) is 79.1 Å². The van der Waals surface area contributed by atoms with E-state index in [0.717, 1.165) is 5.56 Å². The van der Waals surface area contributed by atoms with Gasteiger partial charge in [-0.25, -0.2) is 15.0 Å². The first kappa shape index (κ1) is 25.1. The molecule has 2 amide bonds. The monoisotopic (exact) mass is 513 g/mol. The number of methoxy groups -OCH3 is 1. The van der Waals surface area contributed by atoms with E-state index < -0.39 is 6.04 Å². The highest BCUT2D eigenvalue weighted by molar-refractivity contribution is 6.04. The van der Waals surface area contributed by atoms with E-state index in [-0.39, 0.29) is 18.4 Å². The zero-order valence-corrected chi connectivity index (χ0v) is 20.8. The Morgan fingerprint density at radius 3 is 2.79 bits per heavy atom. The Labute approximate surface area is 218 Å². The molecule has 0 bridgehead atoms. The summed E-state index contributed by atoms with van der Waals surface area (Å²) in [6.45, 7) is 1.49. The van der Waals surface area contributed by atoms with E-state index in [0.29, 0.717) is 54.0 Å². The number of nitrogen functional groups attached to an aromatic ring is 1. The molecule has 5 rings (SSSR count). The summed E-state index contributed by atoms with van der Waals surface area (Å²) in [6, 6.07) is 11.9. The number of carbonyl (C=O) groups excluding carboxylic acids is 2. The van der Waals surface area contributed by atoms with Crippen LogP contribution in [0.2, 0.25) is 0 Å². The van der Waals surface area contributed by atoms with Crippen molar-refractivity contribution in [3.05, 3.63) is 84.6 Å². The highest BCUT2D eigenvalue weighted by Gasteiger charge is 2.32. The molecule has 3 N–H and O–H groups in total. The second-order valence-corrected chi connectivity index (χ2v) is 8.58. The number of pyridine rings is 1. The van der Waals surface area contributed by atoms with Crippen molar-refractivity contribution in [3.63, 3.8) is 0 Å². The number of carbonyl (C=O) groups is 2. The minimum atomic E-state index is -0.435. The minimum absolute atomic E-state index is 0.154. The largest absolute Gasteiger partial charge is 0.382 e. The Morgan fingerprint density at radius 1 is 1.18 bits per heavy atom. The summed E-state index contributed by atoms with van der Waals surface area (Å²) in [4.78, 5) is 40.7. The number of morpholine rings is 1. The van der Waals surface area contributed by atoms with Crippen LogP contribution in [-0.4, -0.2) is 69.5 Å². The summed E-state index contributed by atoms with van der Waals surface area (Å²) >= 11 is 0. The summed E-state index contributed by atoms with van der Waals surface area (Å²) in [6.07, 6.45) is 8.15. The first-order valence-corrected chi connectivity index (χ1v) is 12.1. The van der Waals surface area contributed by atoms with Crippen molar-refractivity contribution in [3.8, 4) is 11.3 Å². The van der Waals surface area contributed by atoms with Gasteiger partial charge in [0.2, 0.25) is 5.91 Å². The lowest BCUT2D eigenvalue weighted by molar-refractivity contribution is -0.135. The van der Waals surface area contributed by atoms with E-state index >= 15 is 0 Å². The molecule has 0 radical (unpaired) electrons. The number of amides is 2. The molecule has 0 spiro atoms. The Balaban J connectivity index is 1.48. The van der Waals surface area contributed by atoms with E-state index in [9.17, 15) is 9.59 Å². The molecule has 1 saturated heterocycles. The van der Waals surface area contributed by atoms with Gasteiger partial charge >= 0.3 is 0 Å². The van der Waals surface area contributed by atoms with Crippen LogP contribution in [-0.2, 0) is 14.3 Å². The number of imidazole rings is 1. The third-order valence-corrected chi connectivity index (χ3v) is 6.17. The molecule has 1 fully saturated rings. The average Bonchev–Trinajstić information content (AvgIpc) is 3.34. The third kappa shape index (κ3) is 5.10. The number of nitrogens with one attached hydrogen (secondary N) is 1. The van der Waals surface area contributed by atoms with Crippen LogP contribution >= 0.6 is 0 Å². The number of aromatic nitrogens is 4. The molecule has 4 heterocycles.